The lowest BCUT2D eigenvalue weighted by atomic mass is 10.0. The van der Waals surface area contributed by atoms with Gasteiger partial charge in [0.05, 0.1) is 0 Å². The fraction of sp³-hybridized carbons (Fsp3) is 0.917. The normalized spacial score (nSPS) is 31.2. The zero-order valence-electron chi connectivity index (χ0n) is 11.1. The maximum Gasteiger partial charge on any atom is 0.399 e. The van der Waals surface area contributed by atoms with E-state index in [1.54, 1.807) is 0 Å². The molecule has 2 saturated heterocycles. The van der Waals surface area contributed by atoms with Crippen LogP contribution >= 0.6 is 0 Å². The van der Waals surface area contributed by atoms with Gasteiger partial charge in [0.15, 0.2) is 0 Å². The molecular weight excluding hydrogens is 257 g/mol. The first-order valence-electron chi connectivity index (χ1n) is 6.64. The second-order valence-corrected chi connectivity index (χ2v) is 5.65. The van der Waals surface area contributed by atoms with E-state index >= 15 is 0 Å². The predicted octanol–water partition coefficient (Wildman–Crippen LogP) is 1.27. The summed E-state index contributed by atoms with van der Waals surface area (Å²) in [5, 5.41) is 7.14. The monoisotopic (exact) mass is 278 g/mol. The Morgan fingerprint density at radius 1 is 1.32 bits per heavy atom. The maximum atomic E-state index is 12.8. The molecule has 4 nitrogen and oxygen atoms in total. The highest BCUT2D eigenvalue weighted by atomic mass is 19.4. The molecule has 0 radical (unpaired) electrons. The van der Waals surface area contributed by atoms with E-state index in [4.69, 9.17) is 11.1 Å². The Labute approximate surface area is 111 Å². The number of nitrogens with zero attached hydrogens (tertiary/aromatic N) is 2. The summed E-state index contributed by atoms with van der Waals surface area (Å²) in [5.41, 5.74) is 5.11. The van der Waals surface area contributed by atoms with Gasteiger partial charge in [-0.2, -0.15) is 13.2 Å². The number of fused-ring (bicyclic) bond motifs is 2. The molecule has 3 unspecified atom stereocenters. The number of rotatable bonds is 3. The Balaban J connectivity index is 2.01. The number of hydrogen-bond acceptors (Lipinski definition) is 3. The van der Waals surface area contributed by atoms with Crippen molar-refractivity contribution in [3.63, 3.8) is 0 Å². The lowest BCUT2D eigenvalue weighted by Gasteiger charge is -2.29. The molecule has 3 N–H and O–H groups in total. The Morgan fingerprint density at radius 2 is 1.95 bits per heavy atom. The van der Waals surface area contributed by atoms with E-state index in [-0.39, 0.29) is 6.54 Å². The first-order valence-corrected chi connectivity index (χ1v) is 6.64. The average molecular weight is 278 g/mol. The third-order valence-corrected chi connectivity index (χ3v) is 4.44. The molecule has 2 fully saturated rings. The molecule has 0 spiro atoms. The van der Waals surface area contributed by atoms with Gasteiger partial charge in [-0.05, 0) is 32.9 Å². The Hall–Kier alpha value is -0.820. The molecule has 0 aromatic carbocycles. The van der Waals surface area contributed by atoms with Crippen LogP contribution in [0.15, 0.2) is 0 Å². The molecular formula is C12H21F3N4. The fourth-order valence-electron chi connectivity index (χ4n) is 3.18. The Morgan fingerprint density at radius 3 is 2.53 bits per heavy atom. The summed E-state index contributed by atoms with van der Waals surface area (Å²) in [5.74, 6) is -2.62. The van der Waals surface area contributed by atoms with Gasteiger partial charge in [0.25, 0.3) is 0 Å². The molecule has 7 heteroatoms. The Kier molecular flexibility index (Phi) is 4.06. The van der Waals surface area contributed by atoms with Gasteiger partial charge in [0.1, 0.15) is 11.8 Å². The molecule has 2 aliphatic rings. The Bertz CT molecular complexity index is 344. The second kappa shape index (κ2) is 5.28. The first-order chi connectivity index (χ1) is 8.79. The van der Waals surface area contributed by atoms with Crippen LogP contribution in [0.3, 0.4) is 0 Å². The maximum absolute atomic E-state index is 12.8. The summed E-state index contributed by atoms with van der Waals surface area (Å²) in [6, 6.07) is 0.838. The number of amidine groups is 1. The molecule has 0 aliphatic carbocycles. The number of likely N-dealkylation sites (tertiary alicyclic amines) is 1. The fourth-order valence-corrected chi connectivity index (χ4v) is 3.18. The van der Waals surface area contributed by atoms with Crippen LogP contribution in [0.5, 0.6) is 0 Å². The van der Waals surface area contributed by atoms with Gasteiger partial charge < -0.3 is 10.6 Å². The van der Waals surface area contributed by atoms with Crippen molar-refractivity contribution < 1.29 is 13.2 Å². The van der Waals surface area contributed by atoms with E-state index in [1.807, 2.05) is 4.90 Å². The van der Waals surface area contributed by atoms with Crippen LogP contribution in [0.25, 0.3) is 0 Å². The number of halogens is 3. The molecule has 3 atom stereocenters. The second-order valence-electron chi connectivity index (χ2n) is 5.65. The molecule has 110 valence electrons. The van der Waals surface area contributed by atoms with Crippen LogP contribution < -0.4 is 5.73 Å². The van der Waals surface area contributed by atoms with Crippen molar-refractivity contribution in [1.29, 1.82) is 5.41 Å². The van der Waals surface area contributed by atoms with Crippen molar-refractivity contribution in [2.75, 3.05) is 26.7 Å². The molecule has 2 bridgehead atoms. The lowest BCUT2D eigenvalue weighted by Crippen LogP contribution is -2.46. The van der Waals surface area contributed by atoms with Crippen LogP contribution in [0.2, 0.25) is 0 Å². The van der Waals surface area contributed by atoms with Crippen LogP contribution in [0, 0.1) is 11.3 Å². The molecule has 19 heavy (non-hydrogen) atoms. The summed E-state index contributed by atoms with van der Waals surface area (Å²) in [4.78, 5) is 4.11. The summed E-state index contributed by atoms with van der Waals surface area (Å²) >= 11 is 0. The SMILES string of the molecule is CN1C2CCC1CN(CC(C(=N)N)C(F)(F)F)CC2. The number of nitrogens with two attached hydrogens (primary N) is 1. The molecule has 0 amide bonds. The van der Waals surface area contributed by atoms with Crippen molar-refractivity contribution >= 4 is 5.84 Å². The first kappa shape index (κ1) is 14.6. The van der Waals surface area contributed by atoms with E-state index in [1.165, 1.54) is 0 Å². The zero-order chi connectivity index (χ0) is 14.2. The van der Waals surface area contributed by atoms with Crippen molar-refractivity contribution in [2.45, 2.75) is 37.5 Å². The highest BCUT2D eigenvalue weighted by Crippen LogP contribution is 2.31. The van der Waals surface area contributed by atoms with E-state index in [2.05, 4.69) is 11.9 Å². The number of nitrogens with one attached hydrogen (secondary N) is 1. The topological polar surface area (TPSA) is 56.4 Å². The van der Waals surface area contributed by atoms with Gasteiger partial charge in [-0.1, -0.05) is 0 Å². The summed E-state index contributed by atoms with van der Waals surface area (Å²) in [6.07, 6.45) is -1.34. The summed E-state index contributed by atoms with van der Waals surface area (Å²) in [6.45, 7) is 1.12. The van der Waals surface area contributed by atoms with E-state index in [0.717, 1.165) is 19.3 Å². The summed E-state index contributed by atoms with van der Waals surface area (Å²) < 4.78 is 38.5. The van der Waals surface area contributed by atoms with Gasteiger partial charge >= 0.3 is 6.18 Å². The van der Waals surface area contributed by atoms with Crippen LogP contribution in [0.1, 0.15) is 19.3 Å². The van der Waals surface area contributed by atoms with Crippen molar-refractivity contribution in [1.82, 2.24) is 9.80 Å². The highest BCUT2D eigenvalue weighted by Gasteiger charge is 2.44. The minimum atomic E-state index is -4.43. The molecule has 2 aliphatic heterocycles. The molecule has 2 heterocycles. The smallest absolute Gasteiger partial charge is 0.387 e. The van der Waals surface area contributed by atoms with Gasteiger partial charge in [-0.25, -0.2) is 0 Å². The van der Waals surface area contributed by atoms with Crippen molar-refractivity contribution in [3.05, 3.63) is 0 Å². The number of hydrogen-bond donors (Lipinski definition) is 2. The lowest BCUT2D eigenvalue weighted by molar-refractivity contribution is -0.160. The average Bonchev–Trinajstić information content (AvgIpc) is 2.50. The standard InChI is InChI=1S/C12H21F3N4/c1-18-8-2-3-9(18)6-19(5-4-8)7-10(11(16)17)12(13,14)15/h8-10H,2-7H2,1H3,(H3,16,17). The van der Waals surface area contributed by atoms with Crippen LogP contribution in [-0.2, 0) is 0 Å². The molecule has 2 rings (SSSR count). The highest BCUT2D eigenvalue weighted by molar-refractivity contribution is 5.80. The minimum Gasteiger partial charge on any atom is -0.387 e. The third-order valence-electron chi connectivity index (χ3n) is 4.44. The number of likely N-dealkylation sites (N-methyl/N-ethyl adjacent to an activating group) is 1. The van der Waals surface area contributed by atoms with E-state index in [0.29, 0.717) is 25.2 Å². The molecule has 0 saturated carbocycles. The van der Waals surface area contributed by atoms with Gasteiger partial charge in [-0.15, -0.1) is 0 Å². The van der Waals surface area contributed by atoms with Crippen LogP contribution in [-0.4, -0.2) is 60.6 Å². The molecule has 0 aromatic heterocycles. The van der Waals surface area contributed by atoms with E-state index in [9.17, 15) is 13.2 Å². The quantitative estimate of drug-likeness (QED) is 0.604. The minimum absolute atomic E-state index is 0.185. The summed E-state index contributed by atoms with van der Waals surface area (Å²) in [7, 11) is 2.05. The van der Waals surface area contributed by atoms with Gasteiger partial charge in [0, 0.05) is 25.2 Å². The largest absolute Gasteiger partial charge is 0.399 e. The van der Waals surface area contributed by atoms with Gasteiger partial charge in [0.2, 0.25) is 0 Å². The van der Waals surface area contributed by atoms with Crippen molar-refractivity contribution in [3.8, 4) is 0 Å². The van der Waals surface area contributed by atoms with Crippen LogP contribution in [0.4, 0.5) is 13.2 Å². The zero-order valence-corrected chi connectivity index (χ0v) is 11.1. The van der Waals surface area contributed by atoms with Crippen molar-refractivity contribution in [2.24, 2.45) is 11.7 Å². The van der Waals surface area contributed by atoms with E-state index < -0.39 is 17.9 Å². The third kappa shape index (κ3) is 3.20. The molecule has 0 aromatic rings. The number of alkyl halides is 3. The van der Waals surface area contributed by atoms with Gasteiger partial charge in [-0.3, -0.25) is 10.3 Å². The predicted molar refractivity (Wildman–Crippen MR) is 67.1 cm³/mol.